The molecular formula is C27H40N2O. The number of hydrogen-bond acceptors (Lipinski definition) is 2. The first kappa shape index (κ1) is 29.2. The highest BCUT2D eigenvalue weighted by Crippen LogP contribution is 2.14. The fraction of sp³-hybridized carbons (Fsp3) is 0.370. The smallest absolute Gasteiger partial charge is 0.183 e. The fourth-order valence-corrected chi connectivity index (χ4v) is 2.15. The largest absolute Gasteiger partial charge is 0.497 e. The summed E-state index contributed by atoms with van der Waals surface area (Å²) in [5.41, 5.74) is 4.11. The van der Waals surface area contributed by atoms with Crippen LogP contribution in [0.5, 0.6) is 5.75 Å². The fourth-order valence-electron chi connectivity index (χ4n) is 2.15. The van der Waals surface area contributed by atoms with Crippen molar-refractivity contribution in [3.8, 4) is 17.6 Å². The van der Waals surface area contributed by atoms with E-state index in [2.05, 4.69) is 47.1 Å². The van der Waals surface area contributed by atoms with Crippen molar-refractivity contribution in [1.82, 2.24) is 9.97 Å². The Kier molecular flexibility index (Phi) is 18.8. The standard InChI is InChI=1S/C21H22N2O.3C2H6/c1-5-16(2)14-17(3)20-15-22-21(23-20)9-7-6-8-18-10-12-19(24-4)13-11-18;3*1-2/h5,10-15H,1-2,6,8H2,3-4H3,(H,22,23);3*1-2H3/b17-14+;;;. The van der Waals surface area contributed by atoms with Gasteiger partial charge in [0.2, 0.25) is 0 Å². The van der Waals surface area contributed by atoms with Crippen LogP contribution in [-0.4, -0.2) is 17.1 Å². The summed E-state index contributed by atoms with van der Waals surface area (Å²) in [5, 5.41) is 0. The molecule has 0 saturated carbocycles. The van der Waals surface area contributed by atoms with Crippen LogP contribution >= 0.6 is 0 Å². The molecule has 0 saturated heterocycles. The number of rotatable bonds is 6. The third kappa shape index (κ3) is 11.8. The van der Waals surface area contributed by atoms with Gasteiger partial charge in [0.15, 0.2) is 5.82 Å². The maximum Gasteiger partial charge on any atom is 0.183 e. The zero-order valence-corrected chi connectivity index (χ0v) is 20.2. The molecule has 0 atom stereocenters. The van der Waals surface area contributed by atoms with Crippen molar-refractivity contribution in [3.05, 3.63) is 78.4 Å². The average Bonchev–Trinajstić information content (AvgIpc) is 3.30. The summed E-state index contributed by atoms with van der Waals surface area (Å²) >= 11 is 0. The number of benzene rings is 1. The van der Waals surface area contributed by atoms with Crippen molar-refractivity contribution in [2.24, 2.45) is 0 Å². The average molecular weight is 409 g/mol. The lowest BCUT2D eigenvalue weighted by atomic mass is 10.1. The van der Waals surface area contributed by atoms with E-state index in [4.69, 9.17) is 4.74 Å². The molecule has 1 heterocycles. The van der Waals surface area contributed by atoms with Crippen molar-refractivity contribution in [3.63, 3.8) is 0 Å². The van der Waals surface area contributed by atoms with Gasteiger partial charge < -0.3 is 9.72 Å². The summed E-state index contributed by atoms with van der Waals surface area (Å²) in [5.74, 6) is 7.77. The Bertz CT molecular complexity index is 799. The predicted molar refractivity (Wildman–Crippen MR) is 134 cm³/mol. The molecule has 0 aliphatic carbocycles. The highest BCUT2D eigenvalue weighted by Gasteiger charge is 2.00. The van der Waals surface area contributed by atoms with Gasteiger partial charge in [-0.2, -0.15) is 0 Å². The van der Waals surface area contributed by atoms with Crippen molar-refractivity contribution >= 4 is 5.57 Å². The monoisotopic (exact) mass is 408 g/mol. The minimum atomic E-state index is 0.677. The Labute approximate surface area is 185 Å². The van der Waals surface area contributed by atoms with E-state index in [-0.39, 0.29) is 0 Å². The molecule has 3 heteroatoms. The highest BCUT2D eigenvalue weighted by molar-refractivity contribution is 5.64. The number of nitrogens with zero attached hydrogens (tertiary/aromatic N) is 1. The zero-order chi connectivity index (χ0) is 23.4. The molecule has 0 unspecified atom stereocenters. The Morgan fingerprint density at radius 2 is 1.70 bits per heavy atom. The number of hydrogen-bond donors (Lipinski definition) is 1. The Morgan fingerprint density at radius 3 is 2.23 bits per heavy atom. The maximum atomic E-state index is 5.15. The van der Waals surface area contributed by atoms with E-state index in [9.17, 15) is 0 Å². The molecule has 30 heavy (non-hydrogen) atoms. The normalized spacial score (nSPS) is 9.13. The van der Waals surface area contributed by atoms with Gasteiger partial charge in [-0.1, -0.05) is 84.9 Å². The lowest BCUT2D eigenvalue weighted by Gasteiger charge is -2.00. The maximum absolute atomic E-state index is 5.15. The Balaban J connectivity index is 0. The number of allylic oxidation sites excluding steroid dienone is 4. The van der Waals surface area contributed by atoms with Crippen LogP contribution < -0.4 is 4.74 Å². The van der Waals surface area contributed by atoms with Gasteiger partial charge in [-0.15, -0.1) is 0 Å². The number of nitrogens with one attached hydrogen (secondary N) is 1. The molecule has 3 nitrogen and oxygen atoms in total. The molecule has 0 bridgehead atoms. The van der Waals surface area contributed by atoms with E-state index in [1.165, 1.54) is 5.56 Å². The van der Waals surface area contributed by atoms with Crippen molar-refractivity contribution in [1.29, 1.82) is 0 Å². The summed E-state index contributed by atoms with van der Waals surface area (Å²) in [4.78, 5) is 7.51. The van der Waals surface area contributed by atoms with Gasteiger partial charge in [-0.05, 0) is 48.1 Å². The molecule has 1 N–H and O–H groups in total. The van der Waals surface area contributed by atoms with Crippen LogP contribution in [0.4, 0.5) is 0 Å². The minimum Gasteiger partial charge on any atom is -0.497 e. The van der Waals surface area contributed by atoms with Gasteiger partial charge in [0.1, 0.15) is 5.75 Å². The molecule has 1 aromatic heterocycles. The van der Waals surface area contributed by atoms with E-state index in [1.54, 1.807) is 19.4 Å². The summed E-state index contributed by atoms with van der Waals surface area (Å²) in [7, 11) is 1.67. The first-order chi connectivity index (χ1) is 14.6. The molecule has 0 spiro atoms. The van der Waals surface area contributed by atoms with E-state index in [0.29, 0.717) is 5.82 Å². The van der Waals surface area contributed by atoms with E-state index in [1.807, 2.05) is 66.7 Å². The van der Waals surface area contributed by atoms with Crippen LogP contribution in [0, 0.1) is 11.8 Å². The number of aromatic amines is 1. The van der Waals surface area contributed by atoms with Crippen LogP contribution in [0.25, 0.3) is 5.57 Å². The van der Waals surface area contributed by atoms with Crippen molar-refractivity contribution in [2.75, 3.05) is 7.11 Å². The third-order valence-electron chi connectivity index (χ3n) is 3.57. The summed E-state index contributed by atoms with van der Waals surface area (Å²) in [6.07, 6.45) is 7.16. The van der Waals surface area contributed by atoms with E-state index >= 15 is 0 Å². The lowest BCUT2D eigenvalue weighted by Crippen LogP contribution is -1.86. The van der Waals surface area contributed by atoms with Gasteiger partial charge in [-0.25, -0.2) is 4.98 Å². The summed E-state index contributed by atoms with van der Waals surface area (Å²) in [6.45, 7) is 21.6. The second-order valence-corrected chi connectivity index (χ2v) is 5.40. The quantitative estimate of drug-likeness (QED) is 0.394. The number of aryl methyl sites for hydroxylation is 1. The Hall–Kier alpha value is -2.99. The van der Waals surface area contributed by atoms with E-state index in [0.717, 1.165) is 35.4 Å². The molecular weight excluding hydrogens is 368 g/mol. The van der Waals surface area contributed by atoms with Crippen LogP contribution in [0.2, 0.25) is 0 Å². The number of imidazole rings is 1. The molecule has 0 radical (unpaired) electrons. The number of methoxy groups -OCH3 is 1. The Morgan fingerprint density at radius 1 is 1.10 bits per heavy atom. The van der Waals surface area contributed by atoms with Gasteiger partial charge in [-0.3, -0.25) is 0 Å². The molecule has 2 aromatic rings. The molecule has 1 aromatic carbocycles. The SMILES string of the molecule is C=CC(=C)/C=C(\C)c1cnc(C#CCCc2ccc(OC)cc2)[nH]1.CC.CC.CC. The second-order valence-electron chi connectivity index (χ2n) is 5.40. The molecule has 164 valence electrons. The molecule has 2 rings (SSSR count). The number of ether oxygens (including phenoxy) is 1. The highest BCUT2D eigenvalue weighted by atomic mass is 16.5. The lowest BCUT2D eigenvalue weighted by molar-refractivity contribution is 0.414. The molecule has 0 fully saturated rings. The van der Waals surface area contributed by atoms with Crippen LogP contribution in [0.15, 0.2) is 61.3 Å². The van der Waals surface area contributed by atoms with Crippen molar-refractivity contribution < 1.29 is 4.74 Å². The summed E-state index contributed by atoms with van der Waals surface area (Å²) < 4.78 is 5.15. The minimum absolute atomic E-state index is 0.677. The van der Waals surface area contributed by atoms with Crippen LogP contribution in [0.1, 0.15) is 72.0 Å². The van der Waals surface area contributed by atoms with Crippen LogP contribution in [0.3, 0.4) is 0 Å². The number of H-pyrrole nitrogens is 1. The first-order valence-electron chi connectivity index (χ1n) is 10.8. The topological polar surface area (TPSA) is 37.9 Å². The first-order valence-corrected chi connectivity index (χ1v) is 10.8. The van der Waals surface area contributed by atoms with Gasteiger partial charge in [0, 0.05) is 6.42 Å². The van der Waals surface area contributed by atoms with Gasteiger partial charge >= 0.3 is 0 Å². The van der Waals surface area contributed by atoms with Crippen molar-refractivity contribution in [2.45, 2.75) is 61.3 Å². The molecule has 0 amide bonds. The third-order valence-corrected chi connectivity index (χ3v) is 3.57. The molecule has 0 aliphatic heterocycles. The predicted octanol–water partition coefficient (Wildman–Crippen LogP) is 7.63. The second kappa shape index (κ2) is 19.3. The van der Waals surface area contributed by atoms with Gasteiger partial charge in [0.05, 0.1) is 19.0 Å². The van der Waals surface area contributed by atoms with E-state index < -0.39 is 0 Å². The number of aromatic nitrogens is 2. The zero-order valence-electron chi connectivity index (χ0n) is 20.2. The molecule has 0 aliphatic rings. The summed E-state index contributed by atoms with van der Waals surface area (Å²) in [6, 6.07) is 8.06. The van der Waals surface area contributed by atoms with Gasteiger partial charge in [0.25, 0.3) is 0 Å². The van der Waals surface area contributed by atoms with Crippen LogP contribution in [-0.2, 0) is 6.42 Å².